The van der Waals surface area contributed by atoms with Crippen LogP contribution in [-0.4, -0.2) is 20.2 Å². The zero-order valence-electron chi connectivity index (χ0n) is 9.77. The van der Waals surface area contributed by atoms with Crippen LogP contribution in [0, 0.1) is 11.3 Å². The van der Waals surface area contributed by atoms with Crippen LogP contribution in [0.4, 0.5) is 0 Å². The summed E-state index contributed by atoms with van der Waals surface area (Å²) in [4.78, 5) is 11.6. The van der Waals surface area contributed by atoms with Crippen molar-refractivity contribution in [3.8, 4) is 6.07 Å². The van der Waals surface area contributed by atoms with E-state index in [1.807, 2.05) is 24.3 Å². The molecule has 88 valence electrons. The number of hydrogen-bond donors (Lipinski definition) is 0. The van der Waals surface area contributed by atoms with E-state index in [-0.39, 0.29) is 12.0 Å². The lowest BCUT2D eigenvalue weighted by molar-refractivity contribution is -0.136. The maximum atomic E-state index is 11.6. The first kappa shape index (κ1) is 12.8. The predicted molar refractivity (Wildman–Crippen MR) is 62.6 cm³/mol. The van der Waals surface area contributed by atoms with Crippen molar-refractivity contribution in [2.45, 2.75) is 6.42 Å². The van der Waals surface area contributed by atoms with E-state index >= 15 is 0 Å². The quantitative estimate of drug-likeness (QED) is 0.452. The highest BCUT2D eigenvalue weighted by Gasteiger charge is 2.17. The largest absolute Gasteiger partial charge is 0.496 e. The molecule has 0 aliphatic heterocycles. The molecule has 0 aliphatic rings. The molecular weight excluding hydrogens is 218 g/mol. The van der Waals surface area contributed by atoms with E-state index in [4.69, 9.17) is 10.00 Å². The van der Waals surface area contributed by atoms with Gasteiger partial charge in [0.1, 0.15) is 5.76 Å². The van der Waals surface area contributed by atoms with E-state index in [9.17, 15) is 4.79 Å². The van der Waals surface area contributed by atoms with Crippen LogP contribution in [0.5, 0.6) is 0 Å². The van der Waals surface area contributed by atoms with Crippen molar-refractivity contribution >= 4 is 11.7 Å². The Hall–Kier alpha value is -2.28. The highest BCUT2D eigenvalue weighted by Crippen LogP contribution is 2.22. The molecule has 0 saturated heterocycles. The molecule has 0 spiro atoms. The first-order valence-corrected chi connectivity index (χ1v) is 5.02. The topological polar surface area (TPSA) is 59.3 Å². The Kier molecular flexibility index (Phi) is 4.77. The SMILES string of the molecule is COC(=O)/C(CC#N)=C(\OC)c1ccccc1. The third-order valence-electron chi connectivity index (χ3n) is 2.20. The molecule has 0 N–H and O–H groups in total. The van der Waals surface area contributed by atoms with Crippen molar-refractivity contribution in [3.05, 3.63) is 41.5 Å². The van der Waals surface area contributed by atoms with Gasteiger partial charge in [0, 0.05) is 5.56 Å². The van der Waals surface area contributed by atoms with Crippen molar-refractivity contribution in [1.29, 1.82) is 5.26 Å². The summed E-state index contributed by atoms with van der Waals surface area (Å²) in [6, 6.07) is 11.1. The van der Waals surface area contributed by atoms with Gasteiger partial charge in [-0.05, 0) is 0 Å². The number of nitriles is 1. The maximum absolute atomic E-state index is 11.6. The van der Waals surface area contributed by atoms with Gasteiger partial charge in [-0.2, -0.15) is 5.26 Å². The summed E-state index contributed by atoms with van der Waals surface area (Å²) in [6.07, 6.45) is -0.0509. The molecule has 4 nitrogen and oxygen atoms in total. The zero-order chi connectivity index (χ0) is 12.7. The Balaban J connectivity index is 3.27. The number of carbonyl (C=O) groups excluding carboxylic acids is 1. The van der Waals surface area contributed by atoms with Gasteiger partial charge in [0.15, 0.2) is 0 Å². The molecule has 1 rings (SSSR count). The monoisotopic (exact) mass is 231 g/mol. The zero-order valence-corrected chi connectivity index (χ0v) is 9.77. The van der Waals surface area contributed by atoms with E-state index in [1.165, 1.54) is 14.2 Å². The summed E-state index contributed by atoms with van der Waals surface area (Å²) in [5, 5.41) is 8.72. The molecule has 0 saturated carbocycles. The van der Waals surface area contributed by atoms with Crippen molar-refractivity contribution in [3.63, 3.8) is 0 Å². The van der Waals surface area contributed by atoms with Gasteiger partial charge in [0.25, 0.3) is 0 Å². The van der Waals surface area contributed by atoms with Crippen LogP contribution in [0.2, 0.25) is 0 Å². The highest BCUT2D eigenvalue weighted by molar-refractivity contribution is 5.96. The smallest absolute Gasteiger partial charge is 0.338 e. The summed E-state index contributed by atoms with van der Waals surface area (Å²) in [7, 11) is 2.74. The minimum atomic E-state index is -0.549. The Morgan fingerprint density at radius 3 is 2.35 bits per heavy atom. The highest BCUT2D eigenvalue weighted by atomic mass is 16.5. The molecule has 0 amide bonds. The van der Waals surface area contributed by atoms with Gasteiger partial charge in [0.05, 0.1) is 32.3 Å². The number of hydrogen-bond acceptors (Lipinski definition) is 4. The maximum Gasteiger partial charge on any atom is 0.338 e. The third kappa shape index (κ3) is 3.08. The van der Waals surface area contributed by atoms with Crippen LogP contribution >= 0.6 is 0 Å². The normalized spacial score (nSPS) is 11.1. The van der Waals surface area contributed by atoms with Crippen LogP contribution in [0.15, 0.2) is 35.9 Å². The number of benzene rings is 1. The lowest BCUT2D eigenvalue weighted by Gasteiger charge is -2.10. The second kappa shape index (κ2) is 6.33. The van der Waals surface area contributed by atoms with E-state index in [2.05, 4.69) is 4.74 Å². The molecule has 4 heteroatoms. The Bertz CT molecular complexity index is 457. The Morgan fingerprint density at radius 2 is 1.88 bits per heavy atom. The summed E-state index contributed by atoms with van der Waals surface area (Å²) in [5.74, 6) is -0.175. The van der Waals surface area contributed by atoms with Crippen LogP contribution in [-0.2, 0) is 14.3 Å². The van der Waals surface area contributed by atoms with E-state index < -0.39 is 5.97 Å². The molecule has 0 aliphatic carbocycles. The Labute approximate surface area is 100 Å². The van der Waals surface area contributed by atoms with Crippen molar-refractivity contribution in [2.24, 2.45) is 0 Å². The number of methoxy groups -OCH3 is 2. The fraction of sp³-hybridized carbons (Fsp3) is 0.231. The molecule has 0 unspecified atom stereocenters. The van der Waals surface area contributed by atoms with Gasteiger partial charge >= 0.3 is 5.97 Å². The van der Waals surface area contributed by atoms with Gasteiger partial charge in [-0.1, -0.05) is 30.3 Å². The van der Waals surface area contributed by atoms with E-state index in [0.29, 0.717) is 5.76 Å². The molecule has 1 aromatic carbocycles. The van der Waals surface area contributed by atoms with Crippen LogP contribution in [0.3, 0.4) is 0 Å². The summed E-state index contributed by atoms with van der Waals surface area (Å²) in [6.45, 7) is 0. The average molecular weight is 231 g/mol. The average Bonchev–Trinajstić information content (AvgIpc) is 2.39. The molecule has 0 fully saturated rings. The summed E-state index contributed by atoms with van der Waals surface area (Å²) in [5.41, 5.74) is 0.967. The van der Waals surface area contributed by atoms with Crippen molar-refractivity contribution in [2.75, 3.05) is 14.2 Å². The molecule has 17 heavy (non-hydrogen) atoms. The molecule has 0 heterocycles. The number of carbonyl (C=O) groups is 1. The first-order chi connectivity index (χ1) is 8.24. The van der Waals surface area contributed by atoms with Gasteiger partial charge < -0.3 is 9.47 Å². The molecule has 0 radical (unpaired) electrons. The molecule has 0 atom stereocenters. The summed E-state index contributed by atoms with van der Waals surface area (Å²) < 4.78 is 9.84. The van der Waals surface area contributed by atoms with Gasteiger partial charge in [-0.25, -0.2) is 4.79 Å². The van der Waals surface area contributed by atoms with Gasteiger partial charge in [-0.15, -0.1) is 0 Å². The van der Waals surface area contributed by atoms with E-state index in [1.54, 1.807) is 12.1 Å². The minimum absolute atomic E-state index is 0.0509. The van der Waals surface area contributed by atoms with Crippen LogP contribution in [0.1, 0.15) is 12.0 Å². The van der Waals surface area contributed by atoms with Crippen LogP contribution in [0.25, 0.3) is 5.76 Å². The second-order valence-electron chi connectivity index (χ2n) is 3.20. The standard InChI is InChI=1S/C13H13NO3/c1-16-12(10-6-4-3-5-7-10)11(8-9-14)13(15)17-2/h3-7H,8H2,1-2H3/b12-11-. The fourth-order valence-electron chi connectivity index (χ4n) is 1.45. The molecule has 1 aromatic rings. The van der Waals surface area contributed by atoms with Gasteiger partial charge in [-0.3, -0.25) is 0 Å². The molecular formula is C13H13NO3. The third-order valence-corrected chi connectivity index (χ3v) is 2.20. The van der Waals surface area contributed by atoms with Gasteiger partial charge in [0.2, 0.25) is 0 Å². The molecule has 0 bridgehead atoms. The summed E-state index contributed by atoms with van der Waals surface area (Å²) >= 11 is 0. The number of esters is 1. The van der Waals surface area contributed by atoms with E-state index in [0.717, 1.165) is 5.56 Å². The van der Waals surface area contributed by atoms with Crippen molar-refractivity contribution < 1.29 is 14.3 Å². The predicted octanol–water partition coefficient (Wildman–Crippen LogP) is 2.13. The Morgan fingerprint density at radius 1 is 1.24 bits per heavy atom. The molecule has 0 aromatic heterocycles. The van der Waals surface area contributed by atoms with Crippen LogP contribution < -0.4 is 0 Å². The fourth-order valence-corrected chi connectivity index (χ4v) is 1.45. The second-order valence-corrected chi connectivity index (χ2v) is 3.20. The minimum Gasteiger partial charge on any atom is -0.496 e. The lowest BCUT2D eigenvalue weighted by Crippen LogP contribution is -2.08. The number of nitrogens with zero attached hydrogens (tertiary/aromatic N) is 1. The van der Waals surface area contributed by atoms with Crippen molar-refractivity contribution in [1.82, 2.24) is 0 Å². The lowest BCUT2D eigenvalue weighted by atomic mass is 10.1. The number of rotatable bonds is 4. The first-order valence-electron chi connectivity index (χ1n) is 5.02. The number of ether oxygens (including phenoxy) is 2.